The zero-order valence-corrected chi connectivity index (χ0v) is 21.9. The van der Waals surface area contributed by atoms with E-state index in [0.29, 0.717) is 22.0 Å². The van der Waals surface area contributed by atoms with Gasteiger partial charge in [-0.2, -0.15) is 0 Å². The van der Waals surface area contributed by atoms with Crippen molar-refractivity contribution in [3.8, 4) is 22.5 Å². The van der Waals surface area contributed by atoms with Gasteiger partial charge in [-0.1, -0.05) is 61.8 Å². The van der Waals surface area contributed by atoms with Gasteiger partial charge in [0.25, 0.3) is 0 Å². The topological polar surface area (TPSA) is 58.1 Å². The van der Waals surface area contributed by atoms with Crippen LogP contribution in [0.25, 0.3) is 33.4 Å². The van der Waals surface area contributed by atoms with Crippen molar-refractivity contribution in [2.24, 2.45) is 0 Å². The van der Waals surface area contributed by atoms with Gasteiger partial charge in [0.05, 0.1) is 5.52 Å². The zero-order chi connectivity index (χ0) is 25.5. The Hall–Kier alpha value is -3.28. The van der Waals surface area contributed by atoms with E-state index in [2.05, 4.69) is 31.0 Å². The van der Waals surface area contributed by atoms with Gasteiger partial charge < -0.3 is 10.2 Å². The number of nitrogens with zero attached hydrogens (tertiary/aromatic N) is 3. The Bertz CT molecular complexity index is 1320. The highest BCUT2D eigenvalue weighted by molar-refractivity contribution is 6.31. The lowest BCUT2D eigenvalue weighted by Gasteiger charge is -2.21. The molecule has 0 spiro atoms. The zero-order valence-electron chi connectivity index (χ0n) is 21.2. The van der Waals surface area contributed by atoms with E-state index in [1.54, 1.807) is 0 Å². The standard InChI is InChI=1S/C30H33ClN4O/c1-4-35(5-2)17-9-10-21(3)32-30-27-16-14-25(31)19-28(27)33-29(34-30)26-15-13-23(18-24(26)20-36)22-11-7-6-8-12-22/h6-8,11-16,18-21H,4-5,9-10,17H2,1-3H3,(H,32,33,34). The second-order valence-corrected chi connectivity index (χ2v) is 9.49. The first kappa shape index (κ1) is 25.8. The monoisotopic (exact) mass is 500 g/mol. The molecule has 1 atom stereocenters. The number of nitrogens with one attached hydrogen (secondary N) is 1. The Morgan fingerprint density at radius 2 is 1.75 bits per heavy atom. The number of halogens is 1. The molecule has 0 aliphatic carbocycles. The van der Waals surface area contributed by atoms with E-state index in [0.717, 1.165) is 66.6 Å². The largest absolute Gasteiger partial charge is 0.367 e. The van der Waals surface area contributed by atoms with Crippen LogP contribution in [0.5, 0.6) is 0 Å². The number of aromatic nitrogens is 2. The van der Waals surface area contributed by atoms with Gasteiger partial charge in [0.2, 0.25) is 0 Å². The predicted octanol–water partition coefficient (Wildman–Crippen LogP) is 7.35. The molecule has 5 nitrogen and oxygen atoms in total. The first-order valence-corrected chi connectivity index (χ1v) is 13.0. The Morgan fingerprint density at radius 3 is 2.47 bits per heavy atom. The third-order valence-electron chi connectivity index (χ3n) is 6.57. The molecular formula is C30H33ClN4O. The first-order valence-electron chi connectivity index (χ1n) is 12.6. The lowest BCUT2D eigenvalue weighted by molar-refractivity contribution is 0.112. The molecular weight excluding hydrogens is 468 g/mol. The maximum Gasteiger partial charge on any atom is 0.162 e. The third-order valence-corrected chi connectivity index (χ3v) is 6.81. The molecule has 0 radical (unpaired) electrons. The van der Waals surface area contributed by atoms with Crippen LogP contribution in [0.3, 0.4) is 0 Å². The van der Waals surface area contributed by atoms with Crippen LogP contribution in [0.2, 0.25) is 5.02 Å². The number of aldehydes is 1. The average molecular weight is 501 g/mol. The molecule has 0 aliphatic rings. The summed E-state index contributed by atoms with van der Waals surface area (Å²) in [5.41, 5.74) is 4.03. The normalized spacial score (nSPS) is 12.1. The molecule has 0 amide bonds. The van der Waals surface area contributed by atoms with Gasteiger partial charge in [-0.05, 0) is 80.9 Å². The number of rotatable bonds is 11. The Morgan fingerprint density at radius 1 is 0.972 bits per heavy atom. The number of benzene rings is 3. The number of anilines is 1. The molecule has 0 saturated carbocycles. The van der Waals surface area contributed by atoms with Gasteiger partial charge >= 0.3 is 0 Å². The van der Waals surface area contributed by atoms with Gasteiger partial charge in [0.15, 0.2) is 12.1 Å². The molecule has 1 unspecified atom stereocenters. The van der Waals surface area contributed by atoms with Crippen LogP contribution in [0, 0.1) is 0 Å². The summed E-state index contributed by atoms with van der Waals surface area (Å²) in [4.78, 5) is 24.2. The smallest absolute Gasteiger partial charge is 0.162 e. The maximum atomic E-state index is 12.1. The molecule has 1 aromatic heterocycles. The summed E-state index contributed by atoms with van der Waals surface area (Å²) in [6.45, 7) is 9.80. The van der Waals surface area contributed by atoms with Crippen LogP contribution >= 0.6 is 11.6 Å². The second-order valence-electron chi connectivity index (χ2n) is 9.06. The second kappa shape index (κ2) is 12.1. The summed E-state index contributed by atoms with van der Waals surface area (Å²) in [6.07, 6.45) is 3.00. The van der Waals surface area contributed by atoms with Crippen LogP contribution in [0.4, 0.5) is 5.82 Å². The highest BCUT2D eigenvalue weighted by Crippen LogP contribution is 2.31. The maximum absolute atomic E-state index is 12.1. The van der Waals surface area contributed by atoms with Gasteiger partial charge in [0, 0.05) is 27.6 Å². The molecule has 0 saturated heterocycles. The van der Waals surface area contributed by atoms with Crippen molar-refractivity contribution in [3.05, 3.63) is 77.3 Å². The number of carbonyl (C=O) groups excluding carboxylic acids is 1. The molecule has 6 heteroatoms. The lowest BCUT2D eigenvalue weighted by atomic mass is 9.99. The lowest BCUT2D eigenvalue weighted by Crippen LogP contribution is -2.25. The quantitative estimate of drug-likeness (QED) is 0.218. The van der Waals surface area contributed by atoms with Gasteiger partial charge in [-0.25, -0.2) is 9.97 Å². The van der Waals surface area contributed by atoms with E-state index in [1.165, 1.54) is 0 Å². The Labute approximate surface area is 218 Å². The van der Waals surface area contributed by atoms with Gasteiger partial charge in [-0.3, -0.25) is 4.79 Å². The average Bonchev–Trinajstić information content (AvgIpc) is 2.91. The minimum atomic E-state index is 0.230. The van der Waals surface area contributed by atoms with E-state index in [-0.39, 0.29) is 6.04 Å². The van der Waals surface area contributed by atoms with E-state index in [4.69, 9.17) is 21.6 Å². The van der Waals surface area contributed by atoms with Crippen molar-refractivity contribution in [1.82, 2.24) is 14.9 Å². The number of carbonyl (C=O) groups is 1. The summed E-state index contributed by atoms with van der Waals surface area (Å²) in [5.74, 6) is 1.26. The first-order chi connectivity index (χ1) is 17.5. The fourth-order valence-corrected chi connectivity index (χ4v) is 4.64. The minimum absolute atomic E-state index is 0.230. The summed E-state index contributed by atoms with van der Waals surface area (Å²) in [7, 11) is 0. The molecule has 0 fully saturated rings. The molecule has 0 aliphatic heterocycles. The molecule has 1 heterocycles. The number of fused-ring (bicyclic) bond motifs is 1. The molecule has 36 heavy (non-hydrogen) atoms. The van der Waals surface area contributed by atoms with Crippen molar-refractivity contribution in [3.63, 3.8) is 0 Å². The van der Waals surface area contributed by atoms with Crippen LogP contribution in [-0.2, 0) is 0 Å². The van der Waals surface area contributed by atoms with Crippen molar-refractivity contribution in [1.29, 1.82) is 0 Å². The Kier molecular flexibility index (Phi) is 8.68. The highest BCUT2D eigenvalue weighted by atomic mass is 35.5. The summed E-state index contributed by atoms with van der Waals surface area (Å²) in [6, 6.07) is 21.7. The SMILES string of the molecule is CCN(CC)CCCC(C)Nc1nc(-c2ccc(-c3ccccc3)cc2C=O)nc2cc(Cl)ccc12. The fraction of sp³-hybridized carbons (Fsp3) is 0.300. The summed E-state index contributed by atoms with van der Waals surface area (Å²) in [5, 5.41) is 5.12. The molecule has 186 valence electrons. The van der Waals surface area contributed by atoms with E-state index < -0.39 is 0 Å². The third kappa shape index (κ3) is 6.10. The Balaban J connectivity index is 1.67. The van der Waals surface area contributed by atoms with Crippen molar-refractivity contribution in [2.45, 2.75) is 39.7 Å². The van der Waals surface area contributed by atoms with Gasteiger partial charge in [-0.15, -0.1) is 0 Å². The van der Waals surface area contributed by atoms with E-state index >= 15 is 0 Å². The van der Waals surface area contributed by atoms with E-state index in [9.17, 15) is 4.79 Å². The van der Waals surface area contributed by atoms with Crippen LogP contribution in [0.15, 0.2) is 66.7 Å². The molecule has 0 bridgehead atoms. The minimum Gasteiger partial charge on any atom is -0.367 e. The highest BCUT2D eigenvalue weighted by Gasteiger charge is 2.15. The molecule has 4 aromatic rings. The summed E-state index contributed by atoms with van der Waals surface area (Å²) >= 11 is 6.31. The fourth-order valence-electron chi connectivity index (χ4n) is 4.47. The van der Waals surface area contributed by atoms with Crippen LogP contribution in [0.1, 0.15) is 44.0 Å². The number of hydrogen-bond donors (Lipinski definition) is 1. The van der Waals surface area contributed by atoms with Crippen molar-refractivity contribution >= 4 is 34.6 Å². The summed E-state index contributed by atoms with van der Waals surface area (Å²) < 4.78 is 0. The van der Waals surface area contributed by atoms with Gasteiger partial charge in [0.1, 0.15) is 5.82 Å². The van der Waals surface area contributed by atoms with Crippen LogP contribution in [-0.4, -0.2) is 46.8 Å². The van der Waals surface area contributed by atoms with Crippen molar-refractivity contribution < 1.29 is 4.79 Å². The van der Waals surface area contributed by atoms with E-state index in [1.807, 2.05) is 66.7 Å². The molecule has 1 N–H and O–H groups in total. The van der Waals surface area contributed by atoms with Crippen molar-refractivity contribution in [2.75, 3.05) is 25.0 Å². The molecule has 3 aromatic carbocycles. The predicted molar refractivity (Wildman–Crippen MR) is 151 cm³/mol. The van der Waals surface area contributed by atoms with Crippen LogP contribution < -0.4 is 5.32 Å². The molecule has 4 rings (SSSR count). The number of hydrogen-bond acceptors (Lipinski definition) is 5.